The summed E-state index contributed by atoms with van der Waals surface area (Å²) in [6.07, 6.45) is 1.33. The Morgan fingerprint density at radius 2 is 2.35 bits per heavy atom. The van der Waals surface area contributed by atoms with E-state index < -0.39 is 10.9 Å². The van der Waals surface area contributed by atoms with Gasteiger partial charge in [-0.2, -0.15) is 0 Å². The van der Waals surface area contributed by atoms with Crippen LogP contribution in [0.15, 0.2) is 27.0 Å². The third-order valence-electron chi connectivity index (χ3n) is 2.32. The van der Waals surface area contributed by atoms with Crippen molar-refractivity contribution in [2.45, 2.75) is 22.7 Å². The minimum absolute atomic E-state index is 0.0486. The molecule has 9 heteroatoms. The van der Waals surface area contributed by atoms with E-state index >= 15 is 0 Å². The van der Waals surface area contributed by atoms with Gasteiger partial charge in [-0.1, -0.05) is 0 Å². The fraction of sp³-hybridized carbons (Fsp3) is 0.182. The minimum atomic E-state index is -0.966. The highest BCUT2D eigenvalue weighted by Gasteiger charge is 2.20. The number of rotatable bonds is 5. The first-order chi connectivity index (χ1) is 9.47. The van der Waals surface area contributed by atoms with Gasteiger partial charge in [0.1, 0.15) is 0 Å². The number of nitrogens with zero attached hydrogens (tertiary/aromatic N) is 3. The minimum Gasteiger partial charge on any atom is -0.481 e. The van der Waals surface area contributed by atoms with Gasteiger partial charge in [-0.05, 0) is 24.8 Å². The first-order valence-corrected chi connectivity index (χ1v) is 7.11. The number of pyridine rings is 1. The molecule has 2 heterocycles. The van der Waals surface area contributed by atoms with Crippen LogP contribution in [0.5, 0.6) is 0 Å². The normalized spacial score (nSPS) is 10.4. The van der Waals surface area contributed by atoms with E-state index in [0.29, 0.717) is 15.6 Å². The van der Waals surface area contributed by atoms with Crippen LogP contribution in [0.2, 0.25) is 0 Å². The molecule has 7 nitrogen and oxygen atoms in total. The smallest absolute Gasteiger partial charge is 0.309 e. The molecule has 2 aromatic rings. The highest BCUT2D eigenvalue weighted by Crippen LogP contribution is 2.36. The molecule has 0 aromatic carbocycles. The van der Waals surface area contributed by atoms with Crippen LogP contribution in [0.3, 0.4) is 0 Å². The van der Waals surface area contributed by atoms with Crippen LogP contribution in [0.4, 0.5) is 5.69 Å². The summed E-state index contributed by atoms with van der Waals surface area (Å²) in [5, 5.41) is 21.6. The van der Waals surface area contributed by atoms with E-state index in [0.717, 1.165) is 11.8 Å². The third kappa shape index (κ3) is 3.31. The molecule has 0 aliphatic heterocycles. The zero-order valence-corrected chi connectivity index (χ0v) is 11.9. The number of hydrogen-bond acceptors (Lipinski definition) is 7. The van der Waals surface area contributed by atoms with E-state index in [1.54, 1.807) is 18.4 Å². The number of nitro groups is 1. The van der Waals surface area contributed by atoms with Crippen molar-refractivity contribution in [1.29, 1.82) is 0 Å². The molecule has 0 spiro atoms. The summed E-state index contributed by atoms with van der Waals surface area (Å²) in [4.78, 5) is 29.3. The van der Waals surface area contributed by atoms with Crippen LogP contribution in [-0.4, -0.2) is 26.0 Å². The predicted molar refractivity (Wildman–Crippen MR) is 73.2 cm³/mol. The average molecular weight is 311 g/mol. The summed E-state index contributed by atoms with van der Waals surface area (Å²) >= 11 is 2.30. The van der Waals surface area contributed by atoms with Gasteiger partial charge in [-0.15, -0.1) is 11.3 Å². The fourth-order valence-corrected chi connectivity index (χ4v) is 3.37. The molecule has 2 rings (SSSR count). The number of thiazole rings is 1. The van der Waals surface area contributed by atoms with Gasteiger partial charge in [-0.3, -0.25) is 14.9 Å². The molecule has 0 fully saturated rings. The standard InChI is InChI=1S/C11H9N3O4S2/c1-6-2-3-12-10(9(6)14(17)18)20-11-13-7(5-19-11)4-8(15)16/h2-3,5H,4H2,1H3,(H,15,16). The Kier molecular flexibility index (Phi) is 4.30. The van der Waals surface area contributed by atoms with Gasteiger partial charge in [0.15, 0.2) is 9.37 Å². The van der Waals surface area contributed by atoms with Crippen molar-refractivity contribution in [2.75, 3.05) is 0 Å². The lowest BCUT2D eigenvalue weighted by molar-refractivity contribution is -0.388. The Hall–Kier alpha value is -2.00. The van der Waals surface area contributed by atoms with Gasteiger partial charge in [0.05, 0.1) is 17.0 Å². The van der Waals surface area contributed by atoms with Crippen LogP contribution >= 0.6 is 23.1 Å². The molecule has 1 N–H and O–H groups in total. The molecule has 0 aliphatic rings. The molecule has 20 heavy (non-hydrogen) atoms. The van der Waals surface area contributed by atoms with Crippen LogP contribution in [0, 0.1) is 17.0 Å². The van der Waals surface area contributed by atoms with Crippen molar-refractivity contribution in [3.05, 3.63) is 39.0 Å². The van der Waals surface area contributed by atoms with E-state index in [4.69, 9.17) is 5.11 Å². The first kappa shape index (κ1) is 14.4. The van der Waals surface area contributed by atoms with E-state index in [-0.39, 0.29) is 17.1 Å². The topological polar surface area (TPSA) is 106 Å². The summed E-state index contributed by atoms with van der Waals surface area (Å²) in [7, 11) is 0. The largest absolute Gasteiger partial charge is 0.481 e. The number of aliphatic carboxylic acids is 1. The first-order valence-electron chi connectivity index (χ1n) is 5.41. The zero-order chi connectivity index (χ0) is 14.7. The molecular weight excluding hydrogens is 302 g/mol. The van der Waals surface area contributed by atoms with Gasteiger partial charge in [0.25, 0.3) is 0 Å². The van der Waals surface area contributed by atoms with Crippen molar-refractivity contribution < 1.29 is 14.8 Å². The van der Waals surface area contributed by atoms with Crippen molar-refractivity contribution in [1.82, 2.24) is 9.97 Å². The quantitative estimate of drug-likeness (QED) is 0.668. The number of aryl methyl sites for hydroxylation is 1. The molecule has 0 amide bonds. The molecule has 2 aromatic heterocycles. The maximum Gasteiger partial charge on any atom is 0.309 e. The highest BCUT2D eigenvalue weighted by molar-refractivity contribution is 8.01. The van der Waals surface area contributed by atoms with E-state index in [1.807, 2.05) is 0 Å². The lowest BCUT2D eigenvalue weighted by atomic mass is 10.3. The summed E-state index contributed by atoms with van der Waals surface area (Å²) in [6.45, 7) is 1.64. The SMILES string of the molecule is Cc1ccnc(Sc2nc(CC(=O)O)cs2)c1[N+](=O)[O-]. The molecule has 0 saturated heterocycles. The number of aromatic nitrogens is 2. The van der Waals surface area contributed by atoms with Gasteiger partial charge in [-0.25, -0.2) is 9.97 Å². The van der Waals surface area contributed by atoms with Gasteiger partial charge in [0, 0.05) is 17.1 Å². The molecule has 0 unspecified atom stereocenters. The Morgan fingerprint density at radius 3 is 3.00 bits per heavy atom. The van der Waals surface area contributed by atoms with Crippen LogP contribution in [0.25, 0.3) is 0 Å². The summed E-state index contributed by atoms with van der Waals surface area (Å²) < 4.78 is 0.530. The number of hydrogen-bond donors (Lipinski definition) is 1. The summed E-state index contributed by atoms with van der Waals surface area (Å²) in [6, 6.07) is 1.57. The van der Waals surface area contributed by atoms with E-state index in [2.05, 4.69) is 9.97 Å². The molecular formula is C11H9N3O4S2. The molecule has 0 bridgehead atoms. The maximum absolute atomic E-state index is 11.0. The fourth-order valence-electron chi connectivity index (χ4n) is 1.48. The molecule has 0 aliphatic carbocycles. The van der Waals surface area contributed by atoms with Crippen LogP contribution in [-0.2, 0) is 11.2 Å². The molecule has 0 atom stereocenters. The Morgan fingerprint density at radius 1 is 1.60 bits per heavy atom. The second kappa shape index (κ2) is 5.97. The van der Waals surface area contributed by atoms with Crippen molar-refractivity contribution in [3.8, 4) is 0 Å². The van der Waals surface area contributed by atoms with Gasteiger partial charge in [0.2, 0.25) is 0 Å². The van der Waals surface area contributed by atoms with Gasteiger partial charge < -0.3 is 5.11 Å². The summed E-state index contributed by atoms with van der Waals surface area (Å²) in [5.41, 5.74) is 0.905. The summed E-state index contributed by atoms with van der Waals surface area (Å²) in [5.74, 6) is -0.966. The lowest BCUT2D eigenvalue weighted by Crippen LogP contribution is -2.00. The Balaban J connectivity index is 2.26. The van der Waals surface area contributed by atoms with E-state index in [9.17, 15) is 14.9 Å². The van der Waals surface area contributed by atoms with Crippen LogP contribution in [0.1, 0.15) is 11.3 Å². The molecule has 104 valence electrons. The van der Waals surface area contributed by atoms with Crippen LogP contribution < -0.4 is 0 Å². The van der Waals surface area contributed by atoms with Gasteiger partial charge >= 0.3 is 11.7 Å². The van der Waals surface area contributed by atoms with E-state index in [1.165, 1.54) is 17.5 Å². The number of carbonyl (C=O) groups is 1. The second-order valence-corrected chi connectivity index (χ2v) is 5.91. The number of carboxylic acids is 1. The Labute approximate surface area is 121 Å². The highest BCUT2D eigenvalue weighted by atomic mass is 32.2. The zero-order valence-electron chi connectivity index (χ0n) is 10.3. The monoisotopic (exact) mass is 311 g/mol. The average Bonchev–Trinajstić information content (AvgIpc) is 2.75. The Bertz CT molecular complexity index is 671. The van der Waals surface area contributed by atoms with Crippen molar-refractivity contribution in [3.63, 3.8) is 0 Å². The second-order valence-electron chi connectivity index (χ2n) is 3.82. The van der Waals surface area contributed by atoms with Crippen molar-refractivity contribution >= 4 is 34.8 Å². The lowest BCUT2D eigenvalue weighted by Gasteiger charge is -2.01. The molecule has 0 radical (unpaired) electrons. The maximum atomic E-state index is 11.0. The third-order valence-corrected chi connectivity index (χ3v) is 4.30. The van der Waals surface area contributed by atoms with Crippen molar-refractivity contribution in [2.24, 2.45) is 0 Å². The molecule has 0 saturated carbocycles. The predicted octanol–water partition coefficient (Wildman–Crippen LogP) is 2.53. The number of carboxylic acid groups (broad SMARTS) is 1.